The third-order valence-corrected chi connectivity index (χ3v) is 6.44. The van der Waals surface area contributed by atoms with E-state index >= 15 is 0 Å². The van der Waals surface area contributed by atoms with Gasteiger partial charge in [-0.2, -0.15) is 0 Å². The quantitative estimate of drug-likeness (QED) is 0.266. The highest BCUT2D eigenvalue weighted by atomic mass is 19.1. The Hall–Kier alpha value is -4.73. The van der Waals surface area contributed by atoms with E-state index < -0.39 is 28.1 Å². The van der Waals surface area contributed by atoms with Crippen molar-refractivity contribution in [3.63, 3.8) is 0 Å². The Morgan fingerprint density at radius 3 is 2.41 bits per heavy atom. The molecule has 0 N–H and O–H groups in total. The van der Waals surface area contributed by atoms with E-state index in [0.717, 1.165) is 17.7 Å². The lowest BCUT2D eigenvalue weighted by molar-refractivity contribution is -0.384. The Labute approximate surface area is 209 Å². The third-order valence-electron chi connectivity index (χ3n) is 6.44. The van der Waals surface area contributed by atoms with Crippen LogP contribution in [0.4, 0.5) is 10.1 Å². The van der Waals surface area contributed by atoms with Gasteiger partial charge in [0.1, 0.15) is 11.4 Å². The number of nitro groups is 1. The van der Waals surface area contributed by atoms with Crippen LogP contribution in [0, 0.1) is 15.9 Å². The zero-order valence-electron chi connectivity index (χ0n) is 19.9. The Morgan fingerprint density at radius 2 is 1.73 bits per heavy atom. The van der Waals surface area contributed by atoms with Gasteiger partial charge in [-0.1, -0.05) is 6.07 Å². The number of hydrogen-bond donors (Lipinski definition) is 0. The van der Waals surface area contributed by atoms with Crippen molar-refractivity contribution in [2.24, 2.45) is 0 Å². The van der Waals surface area contributed by atoms with Crippen LogP contribution in [0.1, 0.15) is 33.3 Å². The number of nitro benzene ring substituents is 1. The monoisotopic (exact) mass is 504 g/mol. The molecule has 3 aromatic carbocycles. The zero-order chi connectivity index (χ0) is 26.3. The minimum atomic E-state index is -0.868. The molecule has 1 aromatic heterocycles. The number of hydrogen-bond acceptors (Lipinski definition) is 7. The molecule has 1 aliphatic rings. The van der Waals surface area contributed by atoms with E-state index in [2.05, 4.69) is 0 Å². The lowest BCUT2D eigenvalue weighted by Gasteiger charge is -2.25. The summed E-state index contributed by atoms with van der Waals surface area (Å²) in [4.78, 5) is 39.2. The molecule has 1 unspecified atom stereocenters. The molecule has 9 nitrogen and oxygen atoms in total. The Kier molecular flexibility index (Phi) is 6.08. The van der Waals surface area contributed by atoms with Crippen LogP contribution in [0.25, 0.3) is 11.0 Å². The summed E-state index contributed by atoms with van der Waals surface area (Å²) in [6.07, 6.45) is 0.409. The van der Waals surface area contributed by atoms with Gasteiger partial charge in [0.2, 0.25) is 5.76 Å². The second-order valence-corrected chi connectivity index (χ2v) is 8.50. The average molecular weight is 504 g/mol. The van der Waals surface area contributed by atoms with Crippen molar-refractivity contribution in [1.82, 2.24) is 4.90 Å². The van der Waals surface area contributed by atoms with Gasteiger partial charge >= 0.3 is 0 Å². The van der Waals surface area contributed by atoms with Crippen molar-refractivity contribution >= 4 is 22.6 Å². The molecule has 37 heavy (non-hydrogen) atoms. The number of carbonyl (C=O) groups excluding carboxylic acids is 1. The van der Waals surface area contributed by atoms with E-state index in [0.29, 0.717) is 23.5 Å². The molecule has 188 valence electrons. The SMILES string of the molecule is COc1ccc(CCN2C(=O)c3oc4ccc(F)cc4c(=O)c3C2c2ccc([N+](=O)[O-])cc2)cc1OC. The first kappa shape index (κ1) is 24.0. The van der Waals surface area contributed by atoms with Crippen molar-refractivity contribution in [3.05, 3.63) is 109 Å². The van der Waals surface area contributed by atoms with Gasteiger partial charge in [-0.15, -0.1) is 0 Å². The van der Waals surface area contributed by atoms with Crippen molar-refractivity contribution < 1.29 is 28.0 Å². The number of nitrogens with zero attached hydrogens (tertiary/aromatic N) is 2. The van der Waals surface area contributed by atoms with Gasteiger partial charge in [-0.05, 0) is 60.0 Å². The van der Waals surface area contributed by atoms with E-state index in [1.54, 1.807) is 12.1 Å². The highest BCUT2D eigenvalue weighted by Gasteiger charge is 2.42. The molecule has 2 heterocycles. The molecule has 0 spiro atoms. The fraction of sp³-hybridized carbons (Fsp3) is 0.185. The van der Waals surface area contributed by atoms with Crippen LogP contribution in [0.5, 0.6) is 11.5 Å². The van der Waals surface area contributed by atoms with Crippen LogP contribution in [0.3, 0.4) is 0 Å². The number of amides is 1. The molecule has 5 rings (SSSR count). The minimum Gasteiger partial charge on any atom is -0.493 e. The number of rotatable bonds is 7. The van der Waals surface area contributed by atoms with Gasteiger partial charge in [0, 0.05) is 18.7 Å². The van der Waals surface area contributed by atoms with E-state index in [-0.39, 0.29) is 34.5 Å². The van der Waals surface area contributed by atoms with Crippen molar-refractivity contribution in [1.29, 1.82) is 0 Å². The highest BCUT2D eigenvalue weighted by Crippen LogP contribution is 2.39. The van der Waals surface area contributed by atoms with Crippen molar-refractivity contribution in [2.75, 3.05) is 20.8 Å². The molecule has 1 aliphatic heterocycles. The van der Waals surface area contributed by atoms with Crippen molar-refractivity contribution in [3.8, 4) is 11.5 Å². The van der Waals surface area contributed by atoms with Crippen LogP contribution < -0.4 is 14.9 Å². The van der Waals surface area contributed by atoms with Gasteiger partial charge in [-0.25, -0.2) is 4.39 Å². The maximum Gasteiger partial charge on any atom is 0.290 e. The summed E-state index contributed by atoms with van der Waals surface area (Å²) in [5, 5.41) is 11.2. The lowest BCUT2D eigenvalue weighted by Crippen LogP contribution is -2.31. The summed E-state index contributed by atoms with van der Waals surface area (Å²) >= 11 is 0. The maximum absolute atomic E-state index is 13.9. The number of non-ortho nitro benzene ring substituents is 1. The molecule has 1 atom stereocenters. The van der Waals surface area contributed by atoms with Gasteiger partial charge in [-0.3, -0.25) is 19.7 Å². The first-order valence-electron chi connectivity index (χ1n) is 11.3. The van der Waals surface area contributed by atoms with Gasteiger partial charge in [0.15, 0.2) is 16.9 Å². The number of methoxy groups -OCH3 is 2. The molecule has 0 radical (unpaired) electrons. The molecule has 1 amide bonds. The third kappa shape index (κ3) is 4.16. The van der Waals surface area contributed by atoms with Crippen LogP contribution in [-0.4, -0.2) is 36.5 Å². The van der Waals surface area contributed by atoms with Crippen LogP contribution >= 0.6 is 0 Å². The molecule has 0 fully saturated rings. The summed E-state index contributed by atoms with van der Waals surface area (Å²) in [7, 11) is 3.06. The molecular weight excluding hydrogens is 483 g/mol. The number of benzene rings is 3. The summed E-state index contributed by atoms with van der Waals surface area (Å²) < 4.78 is 30.4. The minimum absolute atomic E-state index is 0.0141. The summed E-state index contributed by atoms with van der Waals surface area (Å²) in [5.41, 5.74) is 0.870. The molecule has 10 heteroatoms. The number of ether oxygens (including phenoxy) is 2. The van der Waals surface area contributed by atoms with E-state index in [1.165, 1.54) is 49.5 Å². The predicted octanol–water partition coefficient (Wildman–Crippen LogP) is 4.65. The van der Waals surface area contributed by atoms with E-state index in [4.69, 9.17) is 13.9 Å². The second-order valence-electron chi connectivity index (χ2n) is 8.50. The molecule has 0 bridgehead atoms. The topological polar surface area (TPSA) is 112 Å². The first-order valence-corrected chi connectivity index (χ1v) is 11.3. The van der Waals surface area contributed by atoms with Gasteiger partial charge in [0.25, 0.3) is 11.6 Å². The molecule has 4 aromatic rings. The number of carbonyl (C=O) groups is 1. The van der Waals surface area contributed by atoms with Crippen LogP contribution in [0.2, 0.25) is 0 Å². The molecule has 0 saturated heterocycles. The number of fused-ring (bicyclic) bond motifs is 2. The van der Waals surface area contributed by atoms with Crippen LogP contribution in [-0.2, 0) is 6.42 Å². The number of halogens is 1. The largest absolute Gasteiger partial charge is 0.493 e. The Balaban J connectivity index is 1.59. The molecule has 0 saturated carbocycles. The fourth-order valence-electron chi connectivity index (χ4n) is 4.63. The molecule has 0 aliphatic carbocycles. The maximum atomic E-state index is 13.9. The van der Waals surface area contributed by atoms with E-state index in [1.807, 2.05) is 6.07 Å². The Bertz CT molecular complexity index is 1600. The van der Waals surface area contributed by atoms with Gasteiger partial charge in [0.05, 0.1) is 36.1 Å². The van der Waals surface area contributed by atoms with Crippen LogP contribution in [0.15, 0.2) is 69.9 Å². The summed E-state index contributed by atoms with van der Waals surface area (Å²) in [5.74, 6) is -0.135. The highest BCUT2D eigenvalue weighted by molar-refractivity contribution is 5.99. The second kappa shape index (κ2) is 9.38. The van der Waals surface area contributed by atoms with E-state index in [9.17, 15) is 24.1 Å². The Morgan fingerprint density at radius 1 is 1.00 bits per heavy atom. The lowest BCUT2D eigenvalue weighted by atomic mass is 9.98. The average Bonchev–Trinajstić information content (AvgIpc) is 3.19. The standard InChI is InChI=1S/C27H21FN2O7/c1-35-21-9-3-15(13-22(21)36-2)11-12-29-24(16-4-7-18(8-5-16)30(33)34)23-25(31)19-14-17(28)6-10-20(19)37-26(23)27(29)32/h3-10,13-14,24H,11-12H2,1-2H3. The fourth-order valence-corrected chi connectivity index (χ4v) is 4.63. The summed E-state index contributed by atoms with van der Waals surface area (Å²) in [6, 6.07) is 13.7. The summed E-state index contributed by atoms with van der Waals surface area (Å²) in [6.45, 7) is 0.199. The van der Waals surface area contributed by atoms with Crippen molar-refractivity contribution in [2.45, 2.75) is 12.5 Å². The van der Waals surface area contributed by atoms with Gasteiger partial charge < -0.3 is 18.8 Å². The first-order chi connectivity index (χ1) is 17.8. The smallest absolute Gasteiger partial charge is 0.290 e. The zero-order valence-corrected chi connectivity index (χ0v) is 19.9. The molecular formula is C27H21FN2O7. The predicted molar refractivity (Wildman–Crippen MR) is 132 cm³/mol. The normalized spacial score (nSPS) is 14.6.